The largest absolute Gasteiger partial charge is 0.218 e. The smallest absolute Gasteiger partial charge is 0.209 e. The third-order valence-electron chi connectivity index (χ3n) is 2.47. The summed E-state index contributed by atoms with van der Waals surface area (Å²) < 4.78 is 25.1. The van der Waals surface area contributed by atoms with Gasteiger partial charge in [0.2, 0.25) is 9.84 Å². The van der Waals surface area contributed by atoms with Crippen molar-refractivity contribution in [1.82, 2.24) is 0 Å². The summed E-state index contributed by atoms with van der Waals surface area (Å²) in [5.41, 5.74) is 0. The summed E-state index contributed by atoms with van der Waals surface area (Å²) in [5.74, 6) is 0. The van der Waals surface area contributed by atoms with Crippen LogP contribution in [0, 0.1) is 0 Å². The van der Waals surface area contributed by atoms with E-state index in [-0.39, 0.29) is 29.9 Å². The number of sulfone groups is 1. The Hall–Kier alpha value is -0.160. The average molecular weight is 391 g/mol. The van der Waals surface area contributed by atoms with E-state index in [1.54, 1.807) is 0 Å². The Morgan fingerprint density at radius 2 is 1.30 bits per heavy atom. The summed E-state index contributed by atoms with van der Waals surface area (Å²) in [7, 11) is -3.92. The Morgan fingerprint density at radius 1 is 0.700 bits per heavy atom. The van der Waals surface area contributed by atoms with Crippen LogP contribution in [-0.2, 0) is 9.84 Å². The minimum Gasteiger partial charge on any atom is -0.218 e. The van der Waals surface area contributed by atoms with Crippen LogP contribution in [-0.4, -0.2) is 8.42 Å². The van der Waals surface area contributed by atoms with Gasteiger partial charge in [0, 0.05) is 5.02 Å². The van der Waals surface area contributed by atoms with Crippen molar-refractivity contribution in [1.29, 1.82) is 0 Å². The van der Waals surface area contributed by atoms with Gasteiger partial charge in [-0.25, -0.2) is 8.42 Å². The van der Waals surface area contributed by atoms with Crippen LogP contribution < -0.4 is 0 Å². The molecule has 2 rings (SSSR count). The Bertz CT molecular complexity index is 787. The predicted octanol–water partition coefficient (Wildman–Crippen LogP) is 5.79. The maximum atomic E-state index is 12.5. The lowest BCUT2D eigenvalue weighted by Gasteiger charge is -2.10. The third-order valence-corrected chi connectivity index (χ3v) is 6.39. The lowest BCUT2D eigenvalue weighted by molar-refractivity contribution is 0.596. The molecule has 0 unspecified atom stereocenters. The second-order valence-corrected chi connectivity index (χ2v) is 7.64. The molecule has 0 aliphatic carbocycles. The van der Waals surface area contributed by atoms with E-state index in [4.69, 9.17) is 58.0 Å². The van der Waals surface area contributed by atoms with E-state index in [0.29, 0.717) is 5.02 Å². The number of hydrogen-bond acceptors (Lipinski definition) is 2. The summed E-state index contributed by atoms with van der Waals surface area (Å²) in [6.07, 6.45) is 0. The van der Waals surface area contributed by atoms with E-state index >= 15 is 0 Å². The number of rotatable bonds is 2. The Kier molecular flexibility index (Phi) is 4.80. The van der Waals surface area contributed by atoms with Gasteiger partial charge in [-0.3, -0.25) is 0 Å². The first kappa shape index (κ1) is 16.2. The van der Waals surface area contributed by atoms with Crippen molar-refractivity contribution in [2.75, 3.05) is 0 Å². The van der Waals surface area contributed by atoms with Crippen LogP contribution in [0.2, 0.25) is 25.1 Å². The molecule has 0 amide bonds. The molecule has 0 aromatic heterocycles. The van der Waals surface area contributed by atoms with Gasteiger partial charge in [-0.15, -0.1) is 0 Å². The van der Waals surface area contributed by atoms with Crippen LogP contribution in [0.5, 0.6) is 0 Å². The van der Waals surface area contributed by atoms with Crippen molar-refractivity contribution < 1.29 is 8.42 Å². The first-order chi connectivity index (χ1) is 9.25. The Balaban J connectivity index is 2.70. The summed E-state index contributed by atoms with van der Waals surface area (Å²) in [5, 5.41) is 0.316. The molecule has 0 aliphatic rings. The zero-order valence-electron chi connectivity index (χ0n) is 9.50. The lowest BCUT2D eigenvalue weighted by Crippen LogP contribution is -2.04. The summed E-state index contributed by atoms with van der Waals surface area (Å²) in [6, 6.07) is 6.69. The predicted molar refractivity (Wildman–Crippen MR) is 83.4 cm³/mol. The van der Waals surface area contributed by atoms with Gasteiger partial charge in [0.1, 0.15) is 0 Å². The SMILES string of the molecule is O=S(=O)(c1ccc(Cl)cc1Cl)c1ccc(Cl)c(Cl)c1Cl. The van der Waals surface area contributed by atoms with E-state index in [1.807, 2.05) is 0 Å². The molecule has 0 saturated carbocycles. The Labute approximate surface area is 141 Å². The topological polar surface area (TPSA) is 34.1 Å². The van der Waals surface area contributed by atoms with Crippen LogP contribution in [0.15, 0.2) is 40.1 Å². The van der Waals surface area contributed by atoms with Crippen LogP contribution in [0.1, 0.15) is 0 Å². The second kappa shape index (κ2) is 5.91. The van der Waals surface area contributed by atoms with Crippen molar-refractivity contribution >= 4 is 67.8 Å². The van der Waals surface area contributed by atoms with Crippen LogP contribution in [0.4, 0.5) is 0 Å². The number of benzene rings is 2. The van der Waals surface area contributed by atoms with Gasteiger partial charge in [-0.2, -0.15) is 0 Å². The molecule has 0 spiro atoms. The van der Waals surface area contributed by atoms with Crippen molar-refractivity contribution in [2.24, 2.45) is 0 Å². The fourth-order valence-electron chi connectivity index (χ4n) is 1.53. The van der Waals surface area contributed by atoms with E-state index in [1.165, 1.54) is 30.3 Å². The molecule has 0 aliphatic heterocycles. The quantitative estimate of drug-likeness (QED) is 0.609. The highest BCUT2D eigenvalue weighted by atomic mass is 35.5. The molecule has 0 atom stereocenters. The fraction of sp³-hybridized carbons (Fsp3) is 0. The molecule has 0 radical (unpaired) electrons. The monoisotopic (exact) mass is 388 g/mol. The van der Waals surface area contributed by atoms with Crippen LogP contribution in [0.25, 0.3) is 0 Å². The number of halogens is 5. The summed E-state index contributed by atoms with van der Waals surface area (Å²) >= 11 is 29.3. The molecule has 0 N–H and O–H groups in total. The van der Waals surface area contributed by atoms with E-state index in [0.717, 1.165) is 0 Å². The molecule has 2 aromatic rings. The van der Waals surface area contributed by atoms with Gasteiger partial charge in [-0.05, 0) is 30.3 Å². The zero-order chi connectivity index (χ0) is 15.1. The molecule has 2 nitrogen and oxygen atoms in total. The second-order valence-electron chi connectivity index (χ2n) is 3.75. The van der Waals surface area contributed by atoms with Gasteiger partial charge in [0.25, 0.3) is 0 Å². The van der Waals surface area contributed by atoms with Crippen molar-refractivity contribution in [2.45, 2.75) is 9.79 Å². The maximum absolute atomic E-state index is 12.5. The van der Waals surface area contributed by atoms with Gasteiger partial charge >= 0.3 is 0 Å². The zero-order valence-corrected chi connectivity index (χ0v) is 14.1. The standard InChI is InChI=1S/C12H5Cl5O2S/c13-6-1-3-9(8(15)5-6)20(18,19)10-4-2-7(14)11(16)12(10)17/h1-5H. The molecule has 0 saturated heterocycles. The maximum Gasteiger partial charge on any atom is 0.209 e. The normalized spacial score (nSPS) is 11.7. The molecular formula is C12H5Cl5O2S. The first-order valence-corrected chi connectivity index (χ1v) is 8.46. The molecule has 20 heavy (non-hydrogen) atoms. The molecule has 0 bridgehead atoms. The number of hydrogen-bond donors (Lipinski definition) is 0. The summed E-state index contributed by atoms with van der Waals surface area (Å²) in [6.45, 7) is 0. The molecule has 0 fully saturated rings. The highest BCUT2D eigenvalue weighted by Gasteiger charge is 2.25. The molecular weight excluding hydrogens is 385 g/mol. The van der Waals surface area contributed by atoms with Crippen LogP contribution in [0.3, 0.4) is 0 Å². The van der Waals surface area contributed by atoms with Crippen molar-refractivity contribution in [3.05, 3.63) is 55.4 Å². The van der Waals surface area contributed by atoms with Gasteiger partial charge in [0.15, 0.2) is 0 Å². The molecule has 0 heterocycles. The van der Waals surface area contributed by atoms with E-state index in [2.05, 4.69) is 0 Å². The lowest BCUT2D eigenvalue weighted by atomic mass is 10.3. The van der Waals surface area contributed by atoms with Crippen molar-refractivity contribution in [3.63, 3.8) is 0 Å². The summed E-state index contributed by atoms with van der Waals surface area (Å²) in [4.78, 5) is -0.276. The highest BCUT2D eigenvalue weighted by molar-refractivity contribution is 7.91. The van der Waals surface area contributed by atoms with Crippen molar-refractivity contribution in [3.8, 4) is 0 Å². The van der Waals surface area contributed by atoms with Gasteiger partial charge in [-0.1, -0.05) is 58.0 Å². The third kappa shape index (κ3) is 2.89. The van der Waals surface area contributed by atoms with Crippen LogP contribution >= 0.6 is 58.0 Å². The minimum atomic E-state index is -3.92. The fourth-order valence-corrected chi connectivity index (χ4v) is 4.52. The first-order valence-electron chi connectivity index (χ1n) is 5.09. The van der Waals surface area contributed by atoms with Gasteiger partial charge in [0.05, 0.1) is 29.9 Å². The van der Waals surface area contributed by atoms with E-state index in [9.17, 15) is 8.42 Å². The molecule has 106 valence electrons. The average Bonchev–Trinajstić information content (AvgIpc) is 2.35. The van der Waals surface area contributed by atoms with Gasteiger partial charge < -0.3 is 0 Å². The highest BCUT2D eigenvalue weighted by Crippen LogP contribution is 2.39. The molecule has 2 aromatic carbocycles. The molecule has 8 heteroatoms. The Morgan fingerprint density at radius 3 is 1.90 bits per heavy atom. The minimum absolute atomic E-state index is 0.000334. The van der Waals surface area contributed by atoms with E-state index < -0.39 is 9.84 Å².